The zero-order valence-corrected chi connectivity index (χ0v) is 16.8. The number of hydrogen-bond acceptors (Lipinski definition) is 3. The number of aromatic nitrogens is 1. The third-order valence-corrected chi connectivity index (χ3v) is 5.56. The van der Waals surface area contributed by atoms with Gasteiger partial charge in [-0.05, 0) is 54.8 Å². The molecular weight excluding hydrogens is 419 g/mol. The molecule has 5 nitrogen and oxygen atoms in total. The highest BCUT2D eigenvalue weighted by Gasteiger charge is 2.34. The van der Waals surface area contributed by atoms with Crippen LogP contribution in [-0.2, 0) is 0 Å². The fraction of sp³-hybridized carbons (Fsp3) is 0.167. The Labute approximate surface area is 181 Å². The number of carbonyl (C=O) groups is 1. The van der Waals surface area contributed by atoms with Gasteiger partial charge in [-0.25, -0.2) is 22.9 Å². The normalized spacial score (nSPS) is 16.0. The topological polar surface area (TPSA) is 58.4 Å². The predicted octanol–water partition coefficient (Wildman–Crippen LogP) is 6.28. The number of oxazole rings is 1. The van der Waals surface area contributed by atoms with Crippen LogP contribution in [0, 0.1) is 17.5 Å². The number of para-hydroxylation sites is 1. The second kappa shape index (κ2) is 8.03. The summed E-state index contributed by atoms with van der Waals surface area (Å²) >= 11 is 0. The van der Waals surface area contributed by atoms with Crippen LogP contribution in [0.2, 0.25) is 0 Å². The van der Waals surface area contributed by atoms with Crippen molar-refractivity contribution < 1.29 is 22.4 Å². The Balaban J connectivity index is 1.42. The standard InChI is InChI=1S/C24H18F3N3O2/c25-15-8-9-16(18(27)13-15)14-7-10-22-20(12-14)28-23(32-22)21-6-3-11-30(21)24(31)29-19-5-2-1-4-17(19)26/h1-2,4-5,7-10,12-13,21H,3,6,11H2,(H,29,31)/t21-/m1/s1. The Morgan fingerprint density at radius 2 is 1.88 bits per heavy atom. The van der Waals surface area contributed by atoms with E-state index in [9.17, 15) is 18.0 Å². The first-order valence-corrected chi connectivity index (χ1v) is 10.2. The monoisotopic (exact) mass is 437 g/mol. The number of rotatable bonds is 3. The number of anilines is 1. The highest BCUT2D eigenvalue weighted by Crippen LogP contribution is 2.35. The van der Waals surface area contributed by atoms with Crippen molar-refractivity contribution in [2.24, 2.45) is 0 Å². The molecule has 5 rings (SSSR count). The lowest BCUT2D eigenvalue weighted by molar-refractivity contribution is 0.198. The van der Waals surface area contributed by atoms with Crippen LogP contribution in [0.5, 0.6) is 0 Å². The third-order valence-electron chi connectivity index (χ3n) is 5.56. The molecule has 1 fully saturated rings. The van der Waals surface area contributed by atoms with Crippen molar-refractivity contribution in [3.05, 3.63) is 84.0 Å². The molecule has 8 heteroatoms. The van der Waals surface area contributed by atoms with Crippen LogP contribution in [0.15, 0.2) is 65.1 Å². The number of carbonyl (C=O) groups excluding carboxylic acids is 1. The van der Waals surface area contributed by atoms with Gasteiger partial charge in [-0.3, -0.25) is 0 Å². The van der Waals surface area contributed by atoms with Crippen molar-refractivity contribution in [3.8, 4) is 11.1 Å². The van der Waals surface area contributed by atoms with Crippen molar-refractivity contribution in [3.63, 3.8) is 0 Å². The molecule has 0 unspecified atom stereocenters. The minimum Gasteiger partial charge on any atom is -0.438 e. The number of urea groups is 1. The van der Waals surface area contributed by atoms with Crippen LogP contribution in [0.1, 0.15) is 24.8 Å². The van der Waals surface area contributed by atoms with Gasteiger partial charge >= 0.3 is 6.03 Å². The second-order valence-corrected chi connectivity index (χ2v) is 7.62. The molecule has 1 saturated heterocycles. The molecule has 1 atom stereocenters. The summed E-state index contributed by atoms with van der Waals surface area (Å²) in [5.74, 6) is -1.47. The van der Waals surface area contributed by atoms with E-state index >= 15 is 0 Å². The van der Waals surface area contributed by atoms with Gasteiger partial charge in [-0.2, -0.15) is 0 Å². The van der Waals surface area contributed by atoms with Gasteiger partial charge in [0.25, 0.3) is 0 Å². The lowest BCUT2D eigenvalue weighted by Crippen LogP contribution is -2.34. The van der Waals surface area contributed by atoms with Gasteiger partial charge in [0.05, 0.1) is 5.69 Å². The Morgan fingerprint density at radius 1 is 1.03 bits per heavy atom. The Morgan fingerprint density at radius 3 is 2.69 bits per heavy atom. The molecule has 0 bridgehead atoms. The molecule has 2 heterocycles. The van der Waals surface area contributed by atoms with E-state index < -0.39 is 29.5 Å². The summed E-state index contributed by atoms with van der Waals surface area (Å²) < 4.78 is 47.2. The van der Waals surface area contributed by atoms with Crippen LogP contribution in [-0.4, -0.2) is 22.5 Å². The average molecular weight is 437 g/mol. The Kier molecular flexibility index (Phi) is 5.05. The van der Waals surface area contributed by atoms with Crippen molar-refractivity contribution in [1.82, 2.24) is 9.88 Å². The van der Waals surface area contributed by atoms with E-state index in [1.807, 2.05) is 0 Å². The molecule has 1 aromatic heterocycles. The maximum absolute atomic E-state index is 14.2. The summed E-state index contributed by atoms with van der Waals surface area (Å²) in [4.78, 5) is 18.9. The number of benzene rings is 3. The van der Waals surface area contributed by atoms with E-state index in [0.717, 1.165) is 12.5 Å². The van der Waals surface area contributed by atoms with E-state index in [1.54, 1.807) is 35.2 Å². The van der Waals surface area contributed by atoms with E-state index in [2.05, 4.69) is 10.3 Å². The Hall–Kier alpha value is -3.81. The quantitative estimate of drug-likeness (QED) is 0.410. The predicted molar refractivity (Wildman–Crippen MR) is 113 cm³/mol. The number of halogens is 3. The zero-order chi connectivity index (χ0) is 22.2. The molecule has 0 radical (unpaired) electrons. The van der Waals surface area contributed by atoms with Crippen molar-refractivity contribution >= 4 is 22.8 Å². The van der Waals surface area contributed by atoms with Crippen LogP contribution in [0.25, 0.3) is 22.2 Å². The minimum absolute atomic E-state index is 0.103. The first kappa shape index (κ1) is 20.1. The number of fused-ring (bicyclic) bond motifs is 1. The average Bonchev–Trinajstić information content (AvgIpc) is 3.41. The van der Waals surface area contributed by atoms with Gasteiger partial charge in [-0.1, -0.05) is 18.2 Å². The lowest BCUT2D eigenvalue weighted by atomic mass is 10.0. The number of likely N-dealkylation sites (tertiary alicyclic amines) is 1. The molecule has 0 saturated carbocycles. The zero-order valence-electron chi connectivity index (χ0n) is 16.8. The number of hydrogen-bond donors (Lipinski definition) is 1. The van der Waals surface area contributed by atoms with Crippen molar-refractivity contribution in [2.75, 3.05) is 11.9 Å². The molecule has 32 heavy (non-hydrogen) atoms. The van der Waals surface area contributed by atoms with Crippen LogP contribution in [0.3, 0.4) is 0 Å². The molecule has 4 aromatic rings. The molecule has 0 spiro atoms. The number of amides is 2. The first-order valence-electron chi connectivity index (χ1n) is 10.2. The van der Waals surface area contributed by atoms with E-state index in [0.29, 0.717) is 35.5 Å². The third kappa shape index (κ3) is 3.68. The van der Waals surface area contributed by atoms with E-state index in [1.165, 1.54) is 24.3 Å². The smallest absolute Gasteiger partial charge is 0.322 e. The van der Waals surface area contributed by atoms with Gasteiger partial charge < -0.3 is 14.6 Å². The molecule has 0 aliphatic carbocycles. The second-order valence-electron chi connectivity index (χ2n) is 7.62. The van der Waals surface area contributed by atoms with Gasteiger partial charge in [-0.15, -0.1) is 0 Å². The fourth-order valence-corrected chi connectivity index (χ4v) is 4.00. The minimum atomic E-state index is -0.667. The molecule has 162 valence electrons. The van der Waals surface area contributed by atoms with Crippen molar-refractivity contribution in [2.45, 2.75) is 18.9 Å². The molecule has 1 N–H and O–H groups in total. The Bertz CT molecular complexity index is 1320. The SMILES string of the molecule is O=C(Nc1ccccc1F)N1CCC[C@@H]1c1nc2cc(-c3ccc(F)cc3F)ccc2o1. The summed E-state index contributed by atoms with van der Waals surface area (Å²) in [6.45, 7) is 0.482. The first-order chi connectivity index (χ1) is 15.5. The molecule has 3 aromatic carbocycles. The lowest BCUT2D eigenvalue weighted by Gasteiger charge is -2.22. The molecular formula is C24H18F3N3O2. The van der Waals surface area contributed by atoms with E-state index in [-0.39, 0.29) is 11.3 Å². The van der Waals surface area contributed by atoms with Gasteiger partial charge in [0.15, 0.2) is 5.58 Å². The van der Waals surface area contributed by atoms with Crippen LogP contribution >= 0.6 is 0 Å². The molecule has 1 aliphatic rings. The van der Waals surface area contributed by atoms with Crippen LogP contribution < -0.4 is 5.32 Å². The summed E-state index contributed by atoms with van der Waals surface area (Å²) in [5.41, 5.74) is 1.89. The largest absolute Gasteiger partial charge is 0.438 e. The van der Waals surface area contributed by atoms with Crippen LogP contribution in [0.4, 0.5) is 23.7 Å². The summed E-state index contributed by atoms with van der Waals surface area (Å²) in [6, 6.07) is 13.5. The molecule has 2 amide bonds. The van der Waals surface area contributed by atoms with Gasteiger partial charge in [0, 0.05) is 18.2 Å². The summed E-state index contributed by atoms with van der Waals surface area (Å²) in [6.07, 6.45) is 1.40. The van der Waals surface area contributed by atoms with E-state index in [4.69, 9.17) is 4.42 Å². The summed E-state index contributed by atoms with van der Waals surface area (Å²) in [5, 5.41) is 2.60. The maximum atomic E-state index is 14.2. The maximum Gasteiger partial charge on any atom is 0.322 e. The summed E-state index contributed by atoms with van der Waals surface area (Å²) in [7, 11) is 0. The highest BCUT2D eigenvalue weighted by molar-refractivity contribution is 5.90. The number of nitrogens with one attached hydrogen (secondary N) is 1. The number of nitrogens with zero attached hydrogens (tertiary/aromatic N) is 2. The van der Waals surface area contributed by atoms with Gasteiger partial charge in [0.2, 0.25) is 5.89 Å². The fourth-order valence-electron chi connectivity index (χ4n) is 4.00. The van der Waals surface area contributed by atoms with Crippen molar-refractivity contribution in [1.29, 1.82) is 0 Å². The van der Waals surface area contributed by atoms with Gasteiger partial charge in [0.1, 0.15) is 29.0 Å². The molecule has 1 aliphatic heterocycles. The highest BCUT2D eigenvalue weighted by atomic mass is 19.1.